The Morgan fingerprint density at radius 2 is 1.57 bits per heavy atom. The van der Waals surface area contributed by atoms with Crippen LogP contribution in [-0.4, -0.2) is 19.8 Å². The SMILES string of the molecule is CC(C)(C)S(=O)/N=C(/C[C@H](O)c1ccccc1)c1ccccc1. The average molecular weight is 329 g/mol. The lowest BCUT2D eigenvalue weighted by Crippen LogP contribution is -2.21. The topological polar surface area (TPSA) is 49.7 Å². The molecule has 122 valence electrons. The van der Waals surface area contributed by atoms with Crippen LogP contribution in [0.2, 0.25) is 0 Å². The molecule has 0 fully saturated rings. The number of hydrogen-bond acceptors (Lipinski definition) is 2. The number of hydrogen-bond donors (Lipinski definition) is 1. The Bertz CT molecular complexity index is 676. The van der Waals surface area contributed by atoms with Gasteiger partial charge in [-0.25, -0.2) is 4.21 Å². The molecule has 2 aromatic rings. The van der Waals surface area contributed by atoms with Gasteiger partial charge in [-0.2, -0.15) is 4.40 Å². The van der Waals surface area contributed by atoms with Crippen molar-refractivity contribution in [3.05, 3.63) is 71.8 Å². The molecule has 0 aliphatic rings. The third-order valence-electron chi connectivity index (χ3n) is 3.40. The van der Waals surface area contributed by atoms with Crippen molar-refractivity contribution in [2.75, 3.05) is 0 Å². The van der Waals surface area contributed by atoms with E-state index in [1.165, 1.54) is 0 Å². The van der Waals surface area contributed by atoms with Crippen molar-refractivity contribution in [2.24, 2.45) is 4.40 Å². The first kappa shape index (κ1) is 17.6. The number of aliphatic hydroxyl groups excluding tert-OH is 1. The van der Waals surface area contributed by atoms with E-state index in [1.807, 2.05) is 81.4 Å². The van der Waals surface area contributed by atoms with Gasteiger partial charge >= 0.3 is 0 Å². The number of aliphatic hydroxyl groups is 1. The van der Waals surface area contributed by atoms with Crippen molar-refractivity contribution in [3.63, 3.8) is 0 Å². The van der Waals surface area contributed by atoms with Crippen LogP contribution in [0.15, 0.2) is 65.1 Å². The van der Waals surface area contributed by atoms with Gasteiger partial charge in [-0.3, -0.25) is 0 Å². The standard InChI is InChI=1S/C19H23NO2S/c1-19(2,3)23(22)20-17(15-10-6-4-7-11-15)14-18(21)16-12-8-5-9-13-16/h4-13,18,21H,14H2,1-3H3/b20-17-/t18-,23?/m0/s1. The van der Waals surface area contributed by atoms with Crippen LogP contribution in [0.3, 0.4) is 0 Å². The van der Waals surface area contributed by atoms with Crippen molar-refractivity contribution in [2.45, 2.75) is 38.0 Å². The Balaban J connectivity index is 2.31. The highest BCUT2D eigenvalue weighted by atomic mass is 32.2. The second-order valence-electron chi connectivity index (χ2n) is 6.40. The lowest BCUT2D eigenvalue weighted by Gasteiger charge is -2.17. The van der Waals surface area contributed by atoms with Crippen LogP contribution < -0.4 is 0 Å². The van der Waals surface area contributed by atoms with E-state index in [4.69, 9.17) is 0 Å². The Kier molecular flexibility index (Phi) is 5.85. The van der Waals surface area contributed by atoms with Gasteiger partial charge in [0.25, 0.3) is 0 Å². The Morgan fingerprint density at radius 3 is 2.09 bits per heavy atom. The molecule has 23 heavy (non-hydrogen) atoms. The summed E-state index contributed by atoms with van der Waals surface area (Å²) in [7, 11) is -1.36. The normalized spacial score (nSPS) is 15.2. The molecule has 0 saturated heterocycles. The molecular weight excluding hydrogens is 306 g/mol. The van der Waals surface area contributed by atoms with Crippen LogP contribution in [0.25, 0.3) is 0 Å². The zero-order chi connectivity index (χ0) is 16.9. The van der Waals surface area contributed by atoms with Gasteiger partial charge in [0.05, 0.1) is 16.6 Å². The molecule has 2 aromatic carbocycles. The minimum Gasteiger partial charge on any atom is -0.388 e. The maximum absolute atomic E-state index is 12.4. The van der Waals surface area contributed by atoms with Crippen LogP contribution in [-0.2, 0) is 11.0 Å². The molecule has 0 spiro atoms. The Hall–Kier alpha value is -1.78. The van der Waals surface area contributed by atoms with Gasteiger partial charge in [-0.15, -0.1) is 0 Å². The van der Waals surface area contributed by atoms with Crippen molar-refractivity contribution >= 4 is 16.7 Å². The fraction of sp³-hybridized carbons (Fsp3) is 0.316. The van der Waals surface area contributed by atoms with E-state index >= 15 is 0 Å². The van der Waals surface area contributed by atoms with Crippen LogP contribution in [0, 0.1) is 0 Å². The van der Waals surface area contributed by atoms with E-state index in [1.54, 1.807) is 0 Å². The highest BCUT2D eigenvalue weighted by molar-refractivity contribution is 7.85. The highest BCUT2D eigenvalue weighted by Gasteiger charge is 2.21. The lowest BCUT2D eigenvalue weighted by atomic mass is 10.00. The Morgan fingerprint density at radius 1 is 1.04 bits per heavy atom. The van der Waals surface area contributed by atoms with Gasteiger partial charge < -0.3 is 5.11 Å². The molecule has 4 heteroatoms. The van der Waals surface area contributed by atoms with Gasteiger partial charge in [-0.05, 0) is 31.9 Å². The monoisotopic (exact) mass is 329 g/mol. The van der Waals surface area contributed by atoms with Crippen molar-refractivity contribution in [1.29, 1.82) is 0 Å². The molecule has 0 amide bonds. The maximum Gasteiger partial charge on any atom is 0.145 e. The van der Waals surface area contributed by atoms with Crippen molar-refractivity contribution < 1.29 is 9.32 Å². The van der Waals surface area contributed by atoms with Crippen LogP contribution in [0.1, 0.15) is 44.4 Å². The third kappa shape index (κ3) is 5.12. The molecule has 0 radical (unpaired) electrons. The van der Waals surface area contributed by atoms with Crippen LogP contribution in [0.5, 0.6) is 0 Å². The van der Waals surface area contributed by atoms with Gasteiger partial charge in [0, 0.05) is 6.42 Å². The third-order valence-corrected chi connectivity index (χ3v) is 4.83. The summed E-state index contributed by atoms with van der Waals surface area (Å²) in [4.78, 5) is 0. The number of nitrogens with zero attached hydrogens (tertiary/aromatic N) is 1. The van der Waals surface area contributed by atoms with Crippen LogP contribution in [0.4, 0.5) is 0 Å². The molecule has 0 bridgehead atoms. The van der Waals surface area contributed by atoms with E-state index in [-0.39, 0.29) is 0 Å². The van der Waals surface area contributed by atoms with Gasteiger partial charge in [0.1, 0.15) is 11.0 Å². The largest absolute Gasteiger partial charge is 0.388 e. The second-order valence-corrected chi connectivity index (χ2v) is 8.30. The van der Waals surface area contributed by atoms with Gasteiger partial charge in [-0.1, -0.05) is 60.7 Å². The average Bonchev–Trinajstić information content (AvgIpc) is 2.55. The molecule has 0 heterocycles. The van der Waals surface area contributed by atoms with E-state index in [9.17, 15) is 9.32 Å². The van der Waals surface area contributed by atoms with Crippen molar-refractivity contribution in [3.8, 4) is 0 Å². The van der Waals surface area contributed by atoms with Crippen molar-refractivity contribution in [1.82, 2.24) is 0 Å². The quantitative estimate of drug-likeness (QED) is 0.841. The first-order valence-electron chi connectivity index (χ1n) is 7.66. The van der Waals surface area contributed by atoms with Gasteiger partial charge in [0.15, 0.2) is 0 Å². The molecule has 2 atom stereocenters. The maximum atomic E-state index is 12.4. The van der Waals surface area contributed by atoms with E-state index in [0.717, 1.165) is 11.1 Å². The minimum atomic E-state index is -1.36. The molecule has 0 aliphatic carbocycles. The van der Waals surface area contributed by atoms with E-state index < -0.39 is 21.8 Å². The molecule has 2 rings (SSSR count). The second kappa shape index (κ2) is 7.66. The first-order valence-corrected chi connectivity index (χ1v) is 8.76. The van der Waals surface area contributed by atoms with E-state index in [2.05, 4.69) is 4.40 Å². The summed E-state index contributed by atoms with van der Waals surface area (Å²) in [5.41, 5.74) is 2.38. The molecule has 3 nitrogen and oxygen atoms in total. The molecule has 0 saturated carbocycles. The molecule has 1 unspecified atom stereocenters. The molecule has 1 N–H and O–H groups in total. The fourth-order valence-electron chi connectivity index (χ4n) is 2.05. The first-order chi connectivity index (χ1) is 10.9. The van der Waals surface area contributed by atoms with E-state index in [0.29, 0.717) is 12.1 Å². The predicted molar refractivity (Wildman–Crippen MR) is 96.9 cm³/mol. The summed E-state index contributed by atoms with van der Waals surface area (Å²) in [6, 6.07) is 19.1. The Labute approximate surface area is 140 Å². The number of rotatable bonds is 5. The van der Waals surface area contributed by atoms with Gasteiger partial charge in [0.2, 0.25) is 0 Å². The smallest absolute Gasteiger partial charge is 0.145 e. The zero-order valence-electron chi connectivity index (χ0n) is 13.8. The molecule has 0 aromatic heterocycles. The van der Waals surface area contributed by atoms with Crippen LogP contribution >= 0.6 is 0 Å². The molecular formula is C19H23NO2S. The zero-order valence-corrected chi connectivity index (χ0v) is 14.6. The summed E-state index contributed by atoms with van der Waals surface area (Å²) in [6.07, 6.45) is -0.345. The summed E-state index contributed by atoms with van der Waals surface area (Å²) >= 11 is 0. The number of benzene rings is 2. The molecule has 0 aliphatic heterocycles. The lowest BCUT2D eigenvalue weighted by molar-refractivity contribution is 0.186. The summed E-state index contributed by atoms with van der Waals surface area (Å²) in [6.45, 7) is 5.68. The highest BCUT2D eigenvalue weighted by Crippen LogP contribution is 2.21. The summed E-state index contributed by atoms with van der Waals surface area (Å²) < 4.78 is 16.4. The fourth-order valence-corrected chi connectivity index (χ4v) is 2.71. The predicted octanol–water partition coefficient (Wildman–Crippen LogP) is 4.06. The minimum absolute atomic E-state index is 0.329. The summed E-state index contributed by atoms with van der Waals surface area (Å²) in [5, 5.41) is 10.5. The summed E-state index contributed by atoms with van der Waals surface area (Å²) in [5.74, 6) is 0.